The van der Waals surface area contributed by atoms with E-state index in [1.165, 1.54) is 0 Å². The summed E-state index contributed by atoms with van der Waals surface area (Å²) in [6.45, 7) is 10.1. The lowest BCUT2D eigenvalue weighted by Crippen LogP contribution is -2.26. The molecule has 0 unspecified atom stereocenters. The van der Waals surface area contributed by atoms with Gasteiger partial charge in [0.25, 0.3) is 0 Å². The van der Waals surface area contributed by atoms with Gasteiger partial charge in [-0.15, -0.1) is 0 Å². The largest absolute Gasteiger partial charge is 0.514 e. The number of carbonyl (C=O) groups excluding carboxylic acids is 1. The molecule has 0 fully saturated rings. The Labute approximate surface area is 126 Å². The number of hydrogen-bond acceptors (Lipinski definition) is 5. The average molecular weight is 296 g/mol. The zero-order valence-corrected chi connectivity index (χ0v) is 13.3. The number of rotatable bonds is 6. The van der Waals surface area contributed by atoms with Gasteiger partial charge in [0.15, 0.2) is 6.29 Å². The Bertz CT molecular complexity index is 444. The summed E-state index contributed by atoms with van der Waals surface area (Å²) in [6, 6.07) is 7.10. The molecule has 0 amide bonds. The zero-order chi connectivity index (χ0) is 15.9. The summed E-state index contributed by atoms with van der Waals surface area (Å²) in [4.78, 5) is 11.8. The van der Waals surface area contributed by atoms with E-state index in [1.807, 2.05) is 19.9 Å². The van der Waals surface area contributed by atoms with Crippen LogP contribution in [0.3, 0.4) is 0 Å². The summed E-state index contributed by atoms with van der Waals surface area (Å²) in [5, 5.41) is 0. The Balaban J connectivity index is 2.90. The number of para-hydroxylation sites is 1. The Hall–Kier alpha value is -1.59. The highest BCUT2D eigenvalue weighted by atomic mass is 16.7. The van der Waals surface area contributed by atoms with Crippen molar-refractivity contribution in [1.29, 1.82) is 0 Å². The molecule has 0 N–H and O–H groups in total. The maximum Gasteiger partial charge on any atom is 0.514 e. The van der Waals surface area contributed by atoms with Gasteiger partial charge in [-0.25, -0.2) is 4.79 Å². The van der Waals surface area contributed by atoms with Crippen LogP contribution >= 0.6 is 0 Å². The molecule has 0 radical (unpaired) electrons. The molecule has 0 aliphatic carbocycles. The molecule has 0 saturated heterocycles. The molecule has 21 heavy (non-hydrogen) atoms. The molecule has 1 aromatic rings. The van der Waals surface area contributed by atoms with Gasteiger partial charge in [-0.3, -0.25) is 0 Å². The predicted molar refractivity (Wildman–Crippen MR) is 79.3 cm³/mol. The first kappa shape index (κ1) is 17.5. The fourth-order valence-corrected chi connectivity index (χ4v) is 1.66. The van der Waals surface area contributed by atoms with Crippen molar-refractivity contribution >= 4 is 6.16 Å². The summed E-state index contributed by atoms with van der Waals surface area (Å²) < 4.78 is 21.5. The highest BCUT2D eigenvalue weighted by Gasteiger charge is 2.22. The van der Waals surface area contributed by atoms with Crippen molar-refractivity contribution in [1.82, 2.24) is 0 Å². The van der Waals surface area contributed by atoms with E-state index in [0.29, 0.717) is 24.5 Å². The number of benzene rings is 1. The molecule has 0 spiro atoms. The van der Waals surface area contributed by atoms with E-state index in [1.54, 1.807) is 39.0 Å². The molecule has 0 heterocycles. The molecule has 1 aromatic carbocycles. The minimum Gasteiger partial charge on any atom is -0.428 e. The van der Waals surface area contributed by atoms with Crippen molar-refractivity contribution in [3.8, 4) is 5.75 Å². The average Bonchev–Trinajstić information content (AvgIpc) is 2.37. The molecule has 5 heteroatoms. The van der Waals surface area contributed by atoms with Crippen LogP contribution in [0.5, 0.6) is 5.75 Å². The second kappa shape index (κ2) is 8.00. The zero-order valence-electron chi connectivity index (χ0n) is 13.3. The molecule has 1 rings (SSSR count). The van der Waals surface area contributed by atoms with Gasteiger partial charge in [-0.2, -0.15) is 0 Å². The predicted octanol–water partition coefficient (Wildman–Crippen LogP) is 4.07. The van der Waals surface area contributed by atoms with E-state index in [2.05, 4.69) is 0 Å². The van der Waals surface area contributed by atoms with E-state index >= 15 is 0 Å². The molecule has 0 aliphatic heterocycles. The molecule has 0 saturated carbocycles. The highest BCUT2D eigenvalue weighted by Crippen LogP contribution is 2.29. The minimum atomic E-state index is -0.748. The summed E-state index contributed by atoms with van der Waals surface area (Å²) in [7, 11) is 0. The Kier molecular flexibility index (Phi) is 6.65. The van der Waals surface area contributed by atoms with E-state index in [9.17, 15) is 4.79 Å². The van der Waals surface area contributed by atoms with Crippen LogP contribution < -0.4 is 4.74 Å². The lowest BCUT2D eigenvalue weighted by atomic mass is 10.2. The topological polar surface area (TPSA) is 54.0 Å². The lowest BCUT2D eigenvalue weighted by Gasteiger charge is -2.22. The van der Waals surface area contributed by atoms with Crippen LogP contribution in [0.4, 0.5) is 4.79 Å². The van der Waals surface area contributed by atoms with Gasteiger partial charge in [0.1, 0.15) is 11.4 Å². The first-order chi connectivity index (χ1) is 9.87. The normalized spacial score (nSPS) is 11.5. The molecule has 0 aliphatic rings. The van der Waals surface area contributed by atoms with E-state index in [4.69, 9.17) is 18.9 Å². The monoisotopic (exact) mass is 296 g/mol. The van der Waals surface area contributed by atoms with Crippen molar-refractivity contribution in [3.63, 3.8) is 0 Å². The van der Waals surface area contributed by atoms with E-state index in [-0.39, 0.29) is 0 Å². The molecular weight excluding hydrogens is 272 g/mol. The number of ether oxygens (including phenoxy) is 4. The van der Waals surface area contributed by atoms with Crippen LogP contribution in [0.1, 0.15) is 46.5 Å². The Morgan fingerprint density at radius 3 is 2.19 bits per heavy atom. The van der Waals surface area contributed by atoms with Crippen LogP contribution in [-0.2, 0) is 14.2 Å². The first-order valence-electron chi connectivity index (χ1n) is 7.10. The quantitative estimate of drug-likeness (QED) is 0.450. The molecule has 0 aromatic heterocycles. The number of carbonyl (C=O) groups is 1. The van der Waals surface area contributed by atoms with Gasteiger partial charge in [0.2, 0.25) is 0 Å². The highest BCUT2D eigenvalue weighted by molar-refractivity contribution is 5.65. The van der Waals surface area contributed by atoms with Crippen LogP contribution in [0.2, 0.25) is 0 Å². The Morgan fingerprint density at radius 1 is 1.10 bits per heavy atom. The third-order valence-electron chi connectivity index (χ3n) is 2.39. The summed E-state index contributed by atoms with van der Waals surface area (Å²) in [5.41, 5.74) is 0.0534. The van der Waals surface area contributed by atoms with Gasteiger partial charge < -0.3 is 18.9 Å². The van der Waals surface area contributed by atoms with Crippen molar-refractivity contribution < 1.29 is 23.7 Å². The van der Waals surface area contributed by atoms with Gasteiger partial charge >= 0.3 is 6.16 Å². The van der Waals surface area contributed by atoms with Crippen molar-refractivity contribution in [2.24, 2.45) is 0 Å². The second-order valence-electron chi connectivity index (χ2n) is 5.35. The van der Waals surface area contributed by atoms with E-state index < -0.39 is 18.0 Å². The summed E-state index contributed by atoms with van der Waals surface area (Å²) >= 11 is 0. The van der Waals surface area contributed by atoms with Crippen LogP contribution in [0.25, 0.3) is 0 Å². The molecular formula is C16H24O5. The molecule has 0 atom stereocenters. The lowest BCUT2D eigenvalue weighted by molar-refractivity contribution is -0.141. The van der Waals surface area contributed by atoms with Crippen molar-refractivity contribution in [2.45, 2.75) is 46.5 Å². The van der Waals surface area contributed by atoms with Crippen LogP contribution in [-0.4, -0.2) is 25.0 Å². The third-order valence-corrected chi connectivity index (χ3v) is 2.39. The standard InChI is InChI=1S/C16H24O5/c1-6-18-14(19-7-2)12-10-8-9-11-13(12)20-15(17)21-16(3,4)5/h8-11,14H,6-7H2,1-5H3. The van der Waals surface area contributed by atoms with Gasteiger partial charge in [-0.1, -0.05) is 18.2 Å². The first-order valence-corrected chi connectivity index (χ1v) is 7.10. The summed E-state index contributed by atoms with van der Waals surface area (Å²) in [6.07, 6.45) is -1.32. The maximum atomic E-state index is 11.8. The fourth-order valence-electron chi connectivity index (χ4n) is 1.66. The SMILES string of the molecule is CCOC(OCC)c1ccccc1OC(=O)OC(C)(C)C. The molecule has 5 nitrogen and oxygen atoms in total. The third kappa shape index (κ3) is 6.14. The van der Waals surface area contributed by atoms with Gasteiger partial charge in [0.05, 0.1) is 5.56 Å². The smallest absolute Gasteiger partial charge is 0.428 e. The second-order valence-corrected chi connectivity index (χ2v) is 5.35. The van der Waals surface area contributed by atoms with Crippen LogP contribution in [0.15, 0.2) is 24.3 Å². The van der Waals surface area contributed by atoms with Crippen molar-refractivity contribution in [3.05, 3.63) is 29.8 Å². The summed E-state index contributed by atoms with van der Waals surface area (Å²) in [5.74, 6) is 0.374. The maximum absolute atomic E-state index is 11.8. The fraction of sp³-hybridized carbons (Fsp3) is 0.562. The minimum absolute atomic E-state index is 0.374. The van der Waals surface area contributed by atoms with Crippen molar-refractivity contribution in [2.75, 3.05) is 13.2 Å². The van der Waals surface area contributed by atoms with Gasteiger partial charge in [0, 0.05) is 13.2 Å². The molecule has 118 valence electrons. The van der Waals surface area contributed by atoms with Crippen LogP contribution in [0, 0.1) is 0 Å². The Morgan fingerprint density at radius 2 is 1.67 bits per heavy atom. The van der Waals surface area contributed by atoms with E-state index in [0.717, 1.165) is 0 Å². The number of hydrogen-bond donors (Lipinski definition) is 0. The molecule has 0 bridgehead atoms. The van der Waals surface area contributed by atoms with Gasteiger partial charge in [-0.05, 0) is 40.7 Å².